The van der Waals surface area contributed by atoms with E-state index in [1.807, 2.05) is 0 Å². The molecule has 1 fully saturated rings. The summed E-state index contributed by atoms with van der Waals surface area (Å²) in [5, 5.41) is 3.15. The molecule has 1 atom stereocenters. The molecule has 0 aliphatic heterocycles. The van der Waals surface area contributed by atoms with Crippen molar-refractivity contribution in [3.63, 3.8) is 0 Å². The van der Waals surface area contributed by atoms with Gasteiger partial charge in [0.2, 0.25) is 5.91 Å². The molecule has 1 aliphatic rings. The molecule has 1 aromatic heterocycles. The van der Waals surface area contributed by atoms with Crippen LogP contribution in [0.15, 0.2) is 59.2 Å². The van der Waals surface area contributed by atoms with Crippen LogP contribution >= 0.6 is 0 Å². The highest BCUT2D eigenvalue weighted by molar-refractivity contribution is 6.09. The zero-order valence-electron chi connectivity index (χ0n) is 21.5. The van der Waals surface area contributed by atoms with E-state index in [0.717, 1.165) is 25.7 Å². The van der Waals surface area contributed by atoms with Crippen molar-refractivity contribution in [2.75, 3.05) is 33.3 Å². The van der Waals surface area contributed by atoms with E-state index < -0.39 is 11.9 Å². The molecule has 4 rings (SSSR count). The summed E-state index contributed by atoms with van der Waals surface area (Å²) < 4.78 is 27.6. The monoisotopic (exact) mass is 508 g/mol. The lowest BCUT2D eigenvalue weighted by Crippen LogP contribution is -2.46. The number of hydrogen-bond donors (Lipinski definition) is 1. The van der Waals surface area contributed by atoms with Crippen molar-refractivity contribution in [3.8, 4) is 23.0 Å². The standard InChI is InChI=1S/C28H32N2O7/c1-33-21-15-14-19(17-24(21)35-3)30(28(32)23-13-8-16-37-23)25(27(31)29-18-9-5-6-10-18)20-11-7-12-22(34-2)26(20)36-4/h7-8,11-18,25H,5-6,9-10H2,1-4H3,(H,29,31)/t25-/m0/s1. The number of anilines is 1. The number of furan rings is 1. The van der Waals surface area contributed by atoms with Crippen LogP contribution in [0.2, 0.25) is 0 Å². The van der Waals surface area contributed by atoms with Gasteiger partial charge in [0.1, 0.15) is 6.04 Å². The zero-order valence-corrected chi connectivity index (χ0v) is 21.5. The van der Waals surface area contributed by atoms with E-state index in [1.54, 1.807) is 48.5 Å². The van der Waals surface area contributed by atoms with Gasteiger partial charge in [0.05, 0.1) is 34.7 Å². The van der Waals surface area contributed by atoms with Gasteiger partial charge in [-0.2, -0.15) is 0 Å². The molecule has 37 heavy (non-hydrogen) atoms. The number of benzene rings is 2. The first-order chi connectivity index (χ1) is 18.0. The van der Waals surface area contributed by atoms with Gasteiger partial charge in [-0.25, -0.2) is 0 Å². The van der Waals surface area contributed by atoms with Crippen molar-refractivity contribution in [2.24, 2.45) is 0 Å². The second kappa shape index (κ2) is 11.7. The summed E-state index contributed by atoms with van der Waals surface area (Å²) in [6.45, 7) is 0. The fourth-order valence-corrected chi connectivity index (χ4v) is 4.75. The molecule has 9 heteroatoms. The maximum Gasteiger partial charge on any atom is 0.294 e. The molecule has 0 unspecified atom stereocenters. The van der Waals surface area contributed by atoms with Crippen LogP contribution in [0.3, 0.4) is 0 Å². The number of nitrogens with zero attached hydrogens (tertiary/aromatic N) is 1. The second-order valence-electron chi connectivity index (χ2n) is 8.67. The summed E-state index contributed by atoms with van der Waals surface area (Å²) >= 11 is 0. The molecular weight excluding hydrogens is 476 g/mol. The normalized spacial score (nSPS) is 14.1. The molecular formula is C28H32N2O7. The number of methoxy groups -OCH3 is 4. The molecule has 0 radical (unpaired) electrons. The number of hydrogen-bond acceptors (Lipinski definition) is 7. The molecule has 0 bridgehead atoms. The third kappa shape index (κ3) is 5.35. The summed E-state index contributed by atoms with van der Waals surface area (Å²) in [4.78, 5) is 29.4. The number of ether oxygens (including phenoxy) is 4. The Morgan fingerprint density at radius 1 is 0.892 bits per heavy atom. The van der Waals surface area contributed by atoms with Crippen molar-refractivity contribution in [1.29, 1.82) is 0 Å². The third-order valence-corrected chi connectivity index (χ3v) is 6.53. The van der Waals surface area contributed by atoms with Gasteiger partial charge >= 0.3 is 0 Å². The first-order valence-corrected chi connectivity index (χ1v) is 12.1. The number of rotatable bonds is 10. The highest BCUT2D eigenvalue weighted by Crippen LogP contribution is 2.41. The molecule has 1 saturated carbocycles. The van der Waals surface area contributed by atoms with Gasteiger partial charge in [-0.05, 0) is 43.2 Å². The average molecular weight is 509 g/mol. The van der Waals surface area contributed by atoms with Gasteiger partial charge in [-0.1, -0.05) is 25.0 Å². The summed E-state index contributed by atoms with van der Waals surface area (Å²) in [7, 11) is 6.07. The van der Waals surface area contributed by atoms with Crippen molar-refractivity contribution >= 4 is 17.5 Å². The van der Waals surface area contributed by atoms with E-state index in [-0.39, 0.29) is 17.7 Å². The highest BCUT2D eigenvalue weighted by atomic mass is 16.5. The largest absolute Gasteiger partial charge is 0.493 e. The molecule has 1 heterocycles. The SMILES string of the molecule is COc1ccc(N(C(=O)c2ccco2)[C@H](C(=O)NC2CCCC2)c2cccc(OC)c2OC)cc1OC. The molecule has 3 aromatic rings. The maximum absolute atomic E-state index is 14.0. The third-order valence-electron chi connectivity index (χ3n) is 6.53. The van der Waals surface area contributed by atoms with Crippen LogP contribution in [0.1, 0.15) is 47.8 Å². The van der Waals surface area contributed by atoms with Gasteiger partial charge in [0.15, 0.2) is 28.8 Å². The van der Waals surface area contributed by atoms with Crippen LogP contribution in [0.4, 0.5) is 5.69 Å². The highest BCUT2D eigenvalue weighted by Gasteiger charge is 2.38. The summed E-state index contributed by atoms with van der Waals surface area (Å²) in [6, 6.07) is 12.4. The van der Waals surface area contributed by atoms with Crippen molar-refractivity contribution < 1.29 is 33.0 Å². The molecule has 0 spiro atoms. The average Bonchev–Trinajstić information content (AvgIpc) is 3.65. The fourth-order valence-electron chi connectivity index (χ4n) is 4.75. The Labute approximate surface area is 216 Å². The first kappa shape index (κ1) is 25.9. The van der Waals surface area contributed by atoms with E-state index in [4.69, 9.17) is 23.4 Å². The lowest BCUT2D eigenvalue weighted by atomic mass is 10.00. The summed E-state index contributed by atoms with van der Waals surface area (Å²) in [6.07, 6.45) is 5.28. The van der Waals surface area contributed by atoms with Crippen LogP contribution in [0.25, 0.3) is 0 Å². The van der Waals surface area contributed by atoms with E-state index in [0.29, 0.717) is 34.2 Å². The Morgan fingerprint density at radius 3 is 2.24 bits per heavy atom. The molecule has 0 saturated heterocycles. The van der Waals surface area contributed by atoms with Crippen molar-refractivity contribution in [3.05, 3.63) is 66.1 Å². The van der Waals surface area contributed by atoms with Crippen LogP contribution in [0.5, 0.6) is 23.0 Å². The van der Waals surface area contributed by atoms with Gasteiger partial charge in [0, 0.05) is 23.4 Å². The molecule has 1 aliphatic carbocycles. The number of amides is 2. The second-order valence-corrected chi connectivity index (χ2v) is 8.67. The van der Waals surface area contributed by atoms with E-state index in [2.05, 4.69) is 5.32 Å². The van der Waals surface area contributed by atoms with Crippen LogP contribution in [-0.4, -0.2) is 46.3 Å². The van der Waals surface area contributed by atoms with Crippen LogP contribution < -0.4 is 29.2 Å². The Hall–Kier alpha value is -4.14. The minimum atomic E-state index is -1.11. The van der Waals surface area contributed by atoms with Gasteiger partial charge < -0.3 is 28.7 Å². The van der Waals surface area contributed by atoms with Crippen molar-refractivity contribution in [1.82, 2.24) is 5.32 Å². The number of para-hydroxylation sites is 1. The molecule has 2 amide bonds. The van der Waals surface area contributed by atoms with E-state index >= 15 is 0 Å². The van der Waals surface area contributed by atoms with Gasteiger partial charge in [-0.3, -0.25) is 14.5 Å². The zero-order chi connectivity index (χ0) is 26.4. The predicted octanol–water partition coefficient (Wildman–Crippen LogP) is 4.76. The number of carbonyl (C=O) groups excluding carboxylic acids is 2. The molecule has 196 valence electrons. The molecule has 1 N–H and O–H groups in total. The first-order valence-electron chi connectivity index (χ1n) is 12.1. The van der Waals surface area contributed by atoms with Gasteiger partial charge in [-0.15, -0.1) is 0 Å². The Morgan fingerprint density at radius 2 is 1.62 bits per heavy atom. The fraction of sp³-hybridized carbons (Fsp3) is 0.357. The van der Waals surface area contributed by atoms with Crippen LogP contribution in [0, 0.1) is 0 Å². The van der Waals surface area contributed by atoms with Crippen LogP contribution in [-0.2, 0) is 4.79 Å². The quantitative estimate of drug-likeness (QED) is 0.421. The Bertz CT molecular complexity index is 1220. The number of carbonyl (C=O) groups is 2. The number of nitrogens with one attached hydrogen (secondary N) is 1. The Kier molecular flexibility index (Phi) is 8.22. The molecule has 9 nitrogen and oxygen atoms in total. The minimum absolute atomic E-state index is 0.0255. The van der Waals surface area contributed by atoms with E-state index in [1.165, 1.54) is 39.6 Å². The van der Waals surface area contributed by atoms with Crippen molar-refractivity contribution in [2.45, 2.75) is 37.8 Å². The lowest BCUT2D eigenvalue weighted by Gasteiger charge is -2.33. The van der Waals surface area contributed by atoms with E-state index in [9.17, 15) is 9.59 Å². The maximum atomic E-state index is 14.0. The van der Waals surface area contributed by atoms with Gasteiger partial charge in [0.25, 0.3) is 5.91 Å². The Balaban J connectivity index is 1.92. The summed E-state index contributed by atoms with van der Waals surface area (Å²) in [5.74, 6) is 0.926. The summed E-state index contributed by atoms with van der Waals surface area (Å²) in [5.41, 5.74) is 0.877. The lowest BCUT2D eigenvalue weighted by molar-refractivity contribution is -0.123. The minimum Gasteiger partial charge on any atom is -0.493 e. The predicted molar refractivity (Wildman–Crippen MR) is 138 cm³/mol. The topological polar surface area (TPSA) is 99.5 Å². The smallest absolute Gasteiger partial charge is 0.294 e. The molecule has 2 aromatic carbocycles.